The number of nitrogens with zero attached hydrogens (tertiary/aromatic N) is 1. The van der Waals surface area contributed by atoms with Crippen LogP contribution in [-0.4, -0.2) is 51.0 Å². The lowest BCUT2D eigenvalue weighted by molar-refractivity contribution is -0.143. The number of hydrogen-bond acceptors (Lipinski definition) is 5. The van der Waals surface area contributed by atoms with Crippen molar-refractivity contribution in [2.24, 2.45) is 17.6 Å². The van der Waals surface area contributed by atoms with Gasteiger partial charge in [0.2, 0.25) is 11.8 Å². The van der Waals surface area contributed by atoms with Crippen LogP contribution in [0.1, 0.15) is 46.2 Å². The van der Waals surface area contributed by atoms with Gasteiger partial charge in [-0.1, -0.05) is 34.1 Å². The zero-order valence-electron chi connectivity index (χ0n) is 16.4. The smallest absolute Gasteiger partial charge is 0.326 e. The summed E-state index contributed by atoms with van der Waals surface area (Å²) in [5.74, 6) is -2.16. The molecule has 9 heteroatoms. The Morgan fingerprint density at radius 1 is 1.22 bits per heavy atom. The number of aromatic amines is 1. The lowest BCUT2D eigenvalue weighted by Crippen LogP contribution is -2.57. The van der Waals surface area contributed by atoms with E-state index in [0.717, 1.165) is 0 Å². The van der Waals surface area contributed by atoms with E-state index in [0.29, 0.717) is 18.5 Å². The molecule has 0 aromatic carbocycles. The molecule has 0 saturated carbocycles. The van der Waals surface area contributed by atoms with Crippen molar-refractivity contribution in [3.63, 3.8) is 0 Å². The van der Waals surface area contributed by atoms with Gasteiger partial charge in [0.25, 0.3) is 0 Å². The number of nitrogens with two attached hydrogens (primary N) is 1. The van der Waals surface area contributed by atoms with E-state index in [1.54, 1.807) is 6.20 Å². The van der Waals surface area contributed by atoms with Crippen LogP contribution in [0, 0.1) is 11.8 Å². The number of carboxylic acid groups (broad SMARTS) is 1. The summed E-state index contributed by atoms with van der Waals surface area (Å²) >= 11 is 0. The number of aromatic nitrogens is 2. The van der Waals surface area contributed by atoms with Crippen LogP contribution in [0.5, 0.6) is 0 Å². The Morgan fingerprint density at radius 3 is 2.37 bits per heavy atom. The summed E-state index contributed by atoms with van der Waals surface area (Å²) in [6.45, 7) is 7.47. The van der Waals surface area contributed by atoms with Crippen molar-refractivity contribution in [1.82, 2.24) is 20.6 Å². The highest BCUT2D eigenvalue weighted by atomic mass is 16.4. The predicted octanol–water partition coefficient (Wildman–Crippen LogP) is 0.426. The lowest BCUT2D eigenvalue weighted by Gasteiger charge is -2.27. The number of rotatable bonds is 11. The average Bonchev–Trinajstić information content (AvgIpc) is 3.10. The van der Waals surface area contributed by atoms with Crippen LogP contribution in [-0.2, 0) is 20.8 Å². The number of aliphatic carboxylic acids is 1. The highest BCUT2D eigenvalue weighted by Crippen LogP contribution is 2.11. The van der Waals surface area contributed by atoms with Gasteiger partial charge in [0, 0.05) is 18.3 Å². The largest absolute Gasteiger partial charge is 0.480 e. The third-order valence-electron chi connectivity index (χ3n) is 4.45. The number of amides is 2. The van der Waals surface area contributed by atoms with Crippen molar-refractivity contribution >= 4 is 17.8 Å². The van der Waals surface area contributed by atoms with Crippen molar-refractivity contribution in [2.45, 2.75) is 65.1 Å². The van der Waals surface area contributed by atoms with Gasteiger partial charge in [0.05, 0.1) is 12.4 Å². The maximum atomic E-state index is 12.7. The summed E-state index contributed by atoms with van der Waals surface area (Å²) in [6.07, 6.45) is 4.27. The molecule has 0 fully saturated rings. The van der Waals surface area contributed by atoms with Crippen LogP contribution in [0.3, 0.4) is 0 Å². The molecule has 1 aromatic heterocycles. The quantitative estimate of drug-likeness (QED) is 0.375. The first-order chi connectivity index (χ1) is 12.6. The minimum absolute atomic E-state index is 0.103. The van der Waals surface area contributed by atoms with Crippen molar-refractivity contribution < 1.29 is 19.5 Å². The van der Waals surface area contributed by atoms with Crippen LogP contribution in [0.2, 0.25) is 0 Å². The number of carbonyl (C=O) groups is 3. The molecule has 0 aliphatic rings. The molecule has 1 rings (SSSR count). The molecule has 0 saturated heterocycles. The SMILES string of the molecule is CCC(C)C(NC(=O)C(N)Cc1cnc[nH]1)C(=O)NC(CC(C)C)C(=O)O. The van der Waals surface area contributed by atoms with Gasteiger partial charge < -0.3 is 26.5 Å². The first-order valence-corrected chi connectivity index (χ1v) is 9.22. The average molecular weight is 381 g/mol. The second-order valence-corrected chi connectivity index (χ2v) is 7.29. The van der Waals surface area contributed by atoms with Gasteiger partial charge in [-0.25, -0.2) is 9.78 Å². The van der Waals surface area contributed by atoms with Gasteiger partial charge in [-0.3, -0.25) is 9.59 Å². The first-order valence-electron chi connectivity index (χ1n) is 9.22. The minimum Gasteiger partial charge on any atom is -0.480 e. The van der Waals surface area contributed by atoms with Gasteiger partial charge in [0.15, 0.2) is 0 Å². The number of carboxylic acids is 1. The molecule has 6 N–H and O–H groups in total. The van der Waals surface area contributed by atoms with Crippen LogP contribution in [0.15, 0.2) is 12.5 Å². The van der Waals surface area contributed by atoms with E-state index in [1.165, 1.54) is 6.33 Å². The fourth-order valence-corrected chi connectivity index (χ4v) is 2.64. The van der Waals surface area contributed by atoms with Crippen molar-refractivity contribution in [2.75, 3.05) is 0 Å². The van der Waals surface area contributed by atoms with Gasteiger partial charge in [-0.2, -0.15) is 0 Å². The third kappa shape index (κ3) is 7.38. The maximum Gasteiger partial charge on any atom is 0.326 e. The monoisotopic (exact) mass is 381 g/mol. The van der Waals surface area contributed by atoms with Crippen LogP contribution in [0.25, 0.3) is 0 Å². The number of hydrogen-bond donors (Lipinski definition) is 5. The molecule has 0 radical (unpaired) electrons. The third-order valence-corrected chi connectivity index (χ3v) is 4.45. The topological polar surface area (TPSA) is 150 Å². The van der Waals surface area contributed by atoms with Gasteiger partial charge in [-0.05, 0) is 18.3 Å². The van der Waals surface area contributed by atoms with Crippen molar-refractivity contribution in [1.29, 1.82) is 0 Å². The van der Waals surface area contributed by atoms with Crippen molar-refractivity contribution in [3.05, 3.63) is 18.2 Å². The highest BCUT2D eigenvalue weighted by Gasteiger charge is 2.31. The standard InChI is InChI=1S/C18H31N5O4/c1-5-11(4)15(17(25)22-14(18(26)27)6-10(2)3)23-16(24)13(19)7-12-8-20-9-21-12/h8-11,13-15H,5-7,19H2,1-4H3,(H,20,21)(H,22,25)(H,23,24)(H,26,27). The summed E-state index contributed by atoms with van der Waals surface area (Å²) in [5.41, 5.74) is 6.64. The van der Waals surface area contributed by atoms with E-state index in [-0.39, 0.29) is 18.3 Å². The molecular weight excluding hydrogens is 350 g/mol. The predicted molar refractivity (Wildman–Crippen MR) is 101 cm³/mol. The van der Waals surface area contributed by atoms with Crippen LogP contribution >= 0.6 is 0 Å². The molecule has 2 amide bonds. The Bertz CT molecular complexity index is 617. The second kappa shape index (κ2) is 10.7. The molecular formula is C18H31N5O4. The maximum absolute atomic E-state index is 12.7. The lowest BCUT2D eigenvalue weighted by atomic mass is 9.96. The van der Waals surface area contributed by atoms with Gasteiger partial charge in [0.1, 0.15) is 12.1 Å². The molecule has 1 heterocycles. The summed E-state index contributed by atoms with van der Waals surface area (Å²) in [7, 11) is 0. The summed E-state index contributed by atoms with van der Waals surface area (Å²) in [6, 6.07) is -2.71. The Morgan fingerprint density at radius 2 is 1.89 bits per heavy atom. The van der Waals surface area contributed by atoms with Crippen LogP contribution < -0.4 is 16.4 Å². The van der Waals surface area contributed by atoms with E-state index in [1.807, 2.05) is 27.7 Å². The summed E-state index contributed by atoms with van der Waals surface area (Å²) in [4.78, 5) is 43.3. The van der Waals surface area contributed by atoms with E-state index in [9.17, 15) is 19.5 Å². The van der Waals surface area contributed by atoms with Gasteiger partial charge in [-0.15, -0.1) is 0 Å². The molecule has 9 nitrogen and oxygen atoms in total. The normalized spacial score (nSPS) is 15.6. The number of nitrogens with one attached hydrogen (secondary N) is 3. The molecule has 152 valence electrons. The van der Waals surface area contributed by atoms with Crippen LogP contribution in [0.4, 0.5) is 0 Å². The van der Waals surface area contributed by atoms with E-state index < -0.39 is 35.9 Å². The molecule has 1 aromatic rings. The zero-order valence-corrected chi connectivity index (χ0v) is 16.4. The molecule has 4 atom stereocenters. The van der Waals surface area contributed by atoms with Gasteiger partial charge >= 0.3 is 5.97 Å². The van der Waals surface area contributed by atoms with E-state index in [4.69, 9.17) is 5.73 Å². The molecule has 4 unspecified atom stereocenters. The fraction of sp³-hybridized carbons (Fsp3) is 0.667. The Balaban J connectivity index is 2.79. The van der Waals surface area contributed by atoms with E-state index in [2.05, 4.69) is 20.6 Å². The molecule has 0 spiro atoms. The molecule has 0 aliphatic heterocycles. The second-order valence-electron chi connectivity index (χ2n) is 7.29. The minimum atomic E-state index is -1.10. The Labute approximate surface area is 159 Å². The molecule has 0 aliphatic carbocycles. The molecule has 0 bridgehead atoms. The first kappa shape index (κ1) is 22.6. The highest BCUT2D eigenvalue weighted by molar-refractivity contribution is 5.92. The van der Waals surface area contributed by atoms with Crippen molar-refractivity contribution in [3.8, 4) is 0 Å². The zero-order chi connectivity index (χ0) is 20.6. The Kier molecular flexibility index (Phi) is 8.93. The molecule has 27 heavy (non-hydrogen) atoms. The number of carbonyl (C=O) groups excluding carboxylic acids is 2. The fourth-order valence-electron chi connectivity index (χ4n) is 2.64. The summed E-state index contributed by atoms with van der Waals surface area (Å²) in [5, 5.41) is 14.5. The Hall–Kier alpha value is -2.42. The van der Waals surface area contributed by atoms with E-state index >= 15 is 0 Å². The number of H-pyrrole nitrogens is 1. The summed E-state index contributed by atoms with van der Waals surface area (Å²) < 4.78 is 0. The number of imidazole rings is 1.